The van der Waals surface area contributed by atoms with Gasteiger partial charge in [-0.1, -0.05) is 65.5 Å². The fraction of sp³-hybridized carbons (Fsp3) is 0.718. The highest BCUT2D eigenvalue weighted by molar-refractivity contribution is 5.84. The van der Waals surface area contributed by atoms with Crippen molar-refractivity contribution in [2.45, 2.75) is 130 Å². The van der Waals surface area contributed by atoms with Gasteiger partial charge < -0.3 is 25.3 Å². The molecule has 4 N–H and O–H groups in total. The summed E-state index contributed by atoms with van der Waals surface area (Å²) in [6.07, 6.45) is 16.1. The van der Waals surface area contributed by atoms with Crippen LogP contribution in [-0.4, -0.2) is 45.5 Å². The Morgan fingerprint density at radius 1 is 1.09 bits per heavy atom. The first-order valence-electron chi connectivity index (χ1n) is 18.0. The standard InChI is InChI=1S/C39H58N2O4/c1-24(2)8-7-9-25(3)32-11-12-33-31-21-36(40-19-16-27-23-41-35-13-10-28(43)20-30(27)35)39(44)22-29(45-26(4)42)14-18-38(39,6)34(31)15-17-37(32,33)5/h10,13,20-21,23-25,29,32-34,36,40-41,43-44H,7-9,11-12,14-19,22H2,1-6H3/t25-,29?,32-,33+,34+,36?,37-,38-,39?/m1/s1. The van der Waals surface area contributed by atoms with Gasteiger partial charge in [0.25, 0.3) is 0 Å². The number of aromatic nitrogens is 1. The third kappa shape index (κ3) is 5.77. The number of esters is 1. The number of nitrogens with one attached hydrogen (secondary N) is 2. The number of benzene rings is 1. The van der Waals surface area contributed by atoms with Crippen LogP contribution >= 0.6 is 0 Å². The fourth-order valence-corrected chi connectivity index (χ4v) is 10.9. The zero-order chi connectivity index (χ0) is 32.1. The lowest BCUT2D eigenvalue weighted by atomic mass is 9.45. The Morgan fingerprint density at radius 3 is 2.64 bits per heavy atom. The molecule has 248 valence electrons. The normalized spacial score (nSPS) is 36.7. The smallest absolute Gasteiger partial charge is 0.302 e. The number of allylic oxidation sites excluding steroid dienone is 1. The number of hydrogen-bond donors (Lipinski definition) is 4. The van der Waals surface area contributed by atoms with Crippen LogP contribution < -0.4 is 5.32 Å². The number of aliphatic hydroxyl groups is 1. The molecule has 3 fully saturated rings. The van der Waals surface area contributed by atoms with Gasteiger partial charge in [0.15, 0.2) is 0 Å². The van der Waals surface area contributed by atoms with Crippen molar-refractivity contribution in [2.24, 2.45) is 40.4 Å². The third-order valence-electron chi connectivity index (χ3n) is 13.3. The highest BCUT2D eigenvalue weighted by Gasteiger charge is 2.65. The molecule has 6 heteroatoms. The summed E-state index contributed by atoms with van der Waals surface area (Å²) in [5, 5.41) is 27.8. The molecular formula is C39H58N2O4. The molecule has 3 saturated carbocycles. The number of fused-ring (bicyclic) bond motifs is 6. The number of aromatic hydroxyl groups is 1. The molecule has 0 aliphatic heterocycles. The van der Waals surface area contributed by atoms with Gasteiger partial charge >= 0.3 is 5.97 Å². The number of ether oxygens (including phenoxy) is 1. The lowest BCUT2D eigenvalue weighted by Gasteiger charge is -2.63. The molecule has 45 heavy (non-hydrogen) atoms. The van der Waals surface area contributed by atoms with E-state index in [4.69, 9.17) is 4.74 Å². The molecule has 6 rings (SSSR count). The topological polar surface area (TPSA) is 94.6 Å². The molecule has 2 aromatic rings. The van der Waals surface area contributed by atoms with Gasteiger partial charge in [-0.2, -0.15) is 0 Å². The van der Waals surface area contributed by atoms with Crippen molar-refractivity contribution in [3.63, 3.8) is 0 Å². The molecule has 0 amide bonds. The van der Waals surface area contributed by atoms with Crippen molar-refractivity contribution < 1.29 is 19.7 Å². The molecule has 9 atom stereocenters. The molecule has 1 aromatic carbocycles. The van der Waals surface area contributed by atoms with Crippen LogP contribution in [0.4, 0.5) is 0 Å². The van der Waals surface area contributed by atoms with Crippen LogP contribution in [0.15, 0.2) is 36.0 Å². The van der Waals surface area contributed by atoms with Gasteiger partial charge in [0.1, 0.15) is 11.9 Å². The van der Waals surface area contributed by atoms with Crippen molar-refractivity contribution in [1.29, 1.82) is 0 Å². The first-order chi connectivity index (χ1) is 21.4. The minimum Gasteiger partial charge on any atom is -0.508 e. The van der Waals surface area contributed by atoms with Gasteiger partial charge in [-0.05, 0) is 110 Å². The fourth-order valence-electron chi connectivity index (χ4n) is 10.9. The summed E-state index contributed by atoms with van der Waals surface area (Å²) in [6, 6.07) is 5.24. The van der Waals surface area contributed by atoms with Gasteiger partial charge in [-0.3, -0.25) is 4.79 Å². The summed E-state index contributed by atoms with van der Waals surface area (Å²) in [4.78, 5) is 15.3. The Kier molecular flexibility index (Phi) is 8.97. The van der Waals surface area contributed by atoms with E-state index in [1.807, 2.05) is 18.3 Å². The monoisotopic (exact) mass is 618 g/mol. The quantitative estimate of drug-likeness (QED) is 0.160. The van der Waals surface area contributed by atoms with E-state index < -0.39 is 5.60 Å². The Balaban J connectivity index is 1.28. The van der Waals surface area contributed by atoms with E-state index in [1.54, 1.807) is 11.6 Å². The number of carbonyl (C=O) groups is 1. The van der Waals surface area contributed by atoms with Gasteiger partial charge in [-0.25, -0.2) is 0 Å². The maximum Gasteiger partial charge on any atom is 0.302 e. The van der Waals surface area contributed by atoms with Crippen molar-refractivity contribution in [3.05, 3.63) is 41.6 Å². The average molecular weight is 619 g/mol. The van der Waals surface area contributed by atoms with Crippen LogP contribution in [0.1, 0.15) is 111 Å². The minimum absolute atomic E-state index is 0.212. The lowest BCUT2D eigenvalue weighted by molar-refractivity contribution is -0.192. The predicted molar refractivity (Wildman–Crippen MR) is 181 cm³/mol. The Hall–Kier alpha value is -2.31. The largest absolute Gasteiger partial charge is 0.508 e. The lowest BCUT2D eigenvalue weighted by Crippen LogP contribution is -2.68. The average Bonchev–Trinajstić information content (AvgIpc) is 3.54. The number of hydrogen-bond acceptors (Lipinski definition) is 5. The molecular weight excluding hydrogens is 560 g/mol. The summed E-state index contributed by atoms with van der Waals surface area (Å²) in [7, 11) is 0. The SMILES string of the molecule is CC(=O)OC1CC[C@]2(C)[C@H]3CC[C@]4(C)[C@@H]([C@H](C)CCCC(C)C)CC[C@H]4C3=CC(NCCc3c[nH]c4ccc(O)cc34)C2(O)C1. The van der Waals surface area contributed by atoms with Gasteiger partial charge in [0.05, 0.1) is 11.6 Å². The summed E-state index contributed by atoms with van der Waals surface area (Å²) in [5.41, 5.74) is 2.81. The number of phenols is 1. The van der Waals surface area contributed by atoms with Crippen molar-refractivity contribution in [3.8, 4) is 5.75 Å². The van der Waals surface area contributed by atoms with Crippen LogP contribution in [0.25, 0.3) is 10.9 Å². The zero-order valence-corrected chi connectivity index (χ0v) is 28.6. The van der Waals surface area contributed by atoms with E-state index in [0.29, 0.717) is 30.2 Å². The van der Waals surface area contributed by atoms with Crippen molar-refractivity contribution in [2.75, 3.05) is 6.54 Å². The molecule has 0 saturated heterocycles. The van der Waals surface area contributed by atoms with Gasteiger partial charge in [0, 0.05) is 35.9 Å². The maximum atomic E-state index is 12.8. The third-order valence-corrected chi connectivity index (χ3v) is 13.3. The number of H-pyrrole nitrogens is 1. The Bertz CT molecular complexity index is 1410. The maximum absolute atomic E-state index is 12.8. The van der Waals surface area contributed by atoms with Crippen LogP contribution in [0.3, 0.4) is 0 Å². The van der Waals surface area contributed by atoms with Crippen LogP contribution in [0.5, 0.6) is 5.75 Å². The molecule has 0 bridgehead atoms. The Labute approximate surface area is 270 Å². The first-order valence-corrected chi connectivity index (χ1v) is 18.0. The molecule has 4 aliphatic rings. The molecule has 3 unspecified atom stereocenters. The summed E-state index contributed by atoms with van der Waals surface area (Å²) < 4.78 is 5.75. The van der Waals surface area contributed by atoms with Crippen LogP contribution in [0, 0.1) is 40.4 Å². The molecule has 0 spiro atoms. The van der Waals surface area contributed by atoms with Crippen molar-refractivity contribution in [1.82, 2.24) is 10.3 Å². The second-order valence-electron chi connectivity index (χ2n) is 16.3. The second-order valence-corrected chi connectivity index (χ2v) is 16.3. The van der Waals surface area contributed by atoms with E-state index in [1.165, 1.54) is 45.4 Å². The molecule has 6 nitrogen and oxygen atoms in total. The van der Waals surface area contributed by atoms with Crippen LogP contribution in [0.2, 0.25) is 0 Å². The van der Waals surface area contributed by atoms with E-state index >= 15 is 0 Å². The van der Waals surface area contributed by atoms with Gasteiger partial charge in [-0.15, -0.1) is 0 Å². The molecule has 1 heterocycles. The Morgan fingerprint density at radius 2 is 1.89 bits per heavy atom. The predicted octanol–water partition coefficient (Wildman–Crippen LogP) is 8.07. The number of carbonyl (C=O) groups excluding carboxylic acids is 1. The van der Waals surface area contributed by atoms with Gasteiger partial charge in [0.2, 0.25) is 0 Å². The van der Waals surface area contributed by atoms with E-state index in [-0.39, 0.29) is 29.3 Å². The zero-order valence-electron chi connectivity index (χ0n) is 28.6. The molecule has 1 aromatic heterocycles. The highest BCUT2D eigenvalue weighted by atomic mass is 16.5. The second kappa shape index (κ2) is 12.4. The van der Waals surface area contributed by atoms with Crippen LogP contribution in [-0.2, 0) is 16.0 Å². The summed E-state index contributed by atoms with van der Waals surface area (Å²) in [6.45, 7) is 14.3. The van der Waals surface area contributed by atoms with Crippen molar-refractivity contribution >= 4 is 16.9 Å². The minimum atomic E-state index is -1.01. The summed E-state index contributed by atoms with van der Waals surface area (Å²) in [5.74, 6) is 3.22. The number of aromatic amines is 1. The first kappa shape index (κ1) is 32.6. The molecule has 4 aliphatic carbocycles. The van der Waals surface area contributed by atoms with E-state index in [9.17, 15) is 15.0 Å². The number of phenolic OH excluding ortho intramolecular Hbond substituents is 1. The van der Waals surface area contributed by atoms with E-state index in [2.05, 4.69) is 51.0 Å². The number of rotatable bonds is 10. The summed E-state index contributed by atoms with van der Waals surface area (Å²) >= 11 is 0. The highest BCUT2D eigenvalue weighted by Crippen LogP contribution is 2.67. The van der Waals surface area contributed by atoms with E-state index in [0.717, 1.165) is 59.9 Å². The molecule has 0 radical (unpaired) electrons.